The quantitative estimate of drug-likeness (QED) is 0.703. The molecule has 28 heavy (non-hydrogen) atoms. The molecule has 0 saturated carbocycles. The molecular formula is C19H23ClN2O6. The normalized spacial score (nSPS) is 18.7. The highest BCUT2D eigenvalue weighted by molar-refractivity contribution is 6.30. The summed E-state index contributed by atoms with van der Waals surface area (Å²) >= 11 is 5.99. The first kappa shape index (κ1) is 20.3. The fourth-order valence-electron chi connectivity index (χ4n) is 3.21. The number of hydrogen-bond acceptors (Lipinski definition) is 6. The molecule has 1 fully saturated rings. The topological polar surface area (TPSA) is 85.4 Å². The van der Waals surface area contributed by atoms with Crippen molar-refractivity contribution in [1.29, 1.82) is 0 Å². The lowest BCUT2D eigenvalue weighted by Crippen LogP contribution is -2.51. The molecule has 0 radical (unpaired) electrons. The van der Waals surface area contributed by atoms with Crippen LogP contribution in [-0.4, -0.2) is 73.8 Å². The largest absolute Gasteiger partial charge is 0.492 e. The average molecular weight is 411 g/mol. The van der Waals surface area contributed by atoms with Gasteiger partial charge in [0.25, 0.3) is 5.91 Å². The second-order valence-electron chi connectivity index (χ2n) is 6.64. The summed E-state index contributed by atoms with van der Waals surface area (Å²) in [6.45, 7) is 3.50. The van der Waals surface area contributed by atoms with E-state index in [-0.39, 0.29) is 25.2 Å². The summed E-state index contributed by atoms with van der Waals surface area (Å²) in [5.41, 5.74) is 0.849. The van der Waals surface area contributed by atoms with Crippen molar-refractivity contribution >= 4 is 29.6 Å². The molecule has 3 rings (SSSR count). The summed E-state index contributed by atoms with van der Waals surface area (Å²) in [7, 11) is 0. The number of hydrogen-bond donors (Lipinski definition) is 0. The molecule has 9 heteroatoms. The van der Waals surface area contributed by atoms with Crippen molar-refractivity contribution < 1.29 is 28.6 Å². The predicted molar refractivity (Wildman–Crippen MR) is 100 cm³/mol. The first-order chi connectivity index (χ1) is 13.5. The number of amides is 2. The van der Waals surface area contributed by atoms with Crippen molar-refractivity contribution in [3.63, 3.8) is 0 Å². The molecule has 0 spiro atoms. The Balaban J connectivity index is 1.44. The number of benzene rings is 1. The van der Waals surface area contributed by atoms with Gasteiger partial charge in [-0.3, -0.25) is 9.59 Å². The van der Waals surface area contributed by atoms with Crippen LogP contribution in [-0.2, 0) is 25.5 Å². The molecule has 152 valence electrons. The molecule has 1 saturated heterocycles. The predicted octanol–water partition coefficient (Wildman–Crippen LogP) is 1.74. The van der Waals surface area contributed by atoms with Gasteiger partial charge >= 0.3 is 12.1 Å². The van der Waals surface area contributed by atoms with Crippen LogP contribution in [0.4, 0.5) is 4.79 Å². The van der Waals surface area contributed by atoms with E-state index >= 15 is 0 Å². The van der Waals surface area contributed by atoms with Crippen molar-refractivity contribution in [1.82, 2.24) is 9.80 Å². The van der Waals surface area contributed by atoms with Gasteiger partial charge in [0, 0.05) is 31.2 Å². The monoisotopic (exact) mass is 410 g/mol. The van der Waals surface area contributed by atoms with Gasteiger partial charge in [-0.05, 0) is 37.1 Å². The first-order valence-corrected chi connectivity index (χ1v) is 9.63. The van der Waals surface area contributed by atoms with Gasteiger partial charge < -0.3 is 24.0 Å². The van der Waals surface area contributed by atoms with E-state index < -0.39 is 11.9 Å². The Morgan fingerprint density at radius 1 is 1.14 bits per heavy atom. The zero-order chi connectivity index (χ0) is 20.1. The van der Waals surface area contributed by atoms with Crippen LogP contribution < -0.4 is 4.74 Å². The number of ether oxygens (including phenoxy) is 3. The second-order valence-corrected chi connectivity index (χ2v) is 7.07. The standard InChI is InChI=1S/C19H23ClN2O6/c1-2-26-19(25)22-7-5-21(6-8-22)17(23)12-28-18(24)14-9-13-10-15(20)3-4-16(13)27-11-14/h3-4,10,14H,2,5-9,11-12H2,1H3/t14-/m0/s1. The van der Waals surface area contributed by atoms with Crippen molar-refractivity contribution in [3.8, 4) is 5.75 Å². The number of nitrogens with zero attached hydrogens (tertiary/aromatic N) is 2. The molecule has 1 aromatic carbocycles. The zero-order valence-corrected chi connectivity index (χ0v) is 16.4. The van der Waals surface area contributed by atoms with E-state index in [1.807, 2.05) is 0 Å². The molecule has 0 aliphatic carbocycles. The van der Waals surface area contributed by atoms with E-state index in [9.17, 15) is 14.4 Å². The van der Waals surface area contributed by atoms with Gasteiger partial charge in [0.1, 0.15) is 12.4 Å². The summed E-state index contributed by atoms with van der Waals surface area (Å²) in [5, 5.41) is 0.577. The summed E-state index contributed by atoms with van der Waals surface area (Å²) < 4.78 is 15.7. The molecule has 2 heterocycles. The van der Waals surface area contributed by atoms with Crippen LogP contribution in [0.5, 0.6) is 5.75 Å². The Morgan fingerprint density at radius 3 is 2.57 bits per heavy atom. The highest BCUT2D eigenvalue weighted by Crippen LogP contribution is 2.30. The van der Waals surface area contributed by atoms with E-state index in [1.165, 1.54) is 0 Å². The Kier molecular flexibility index (Phi) is 6.61. The average Bonchev–Trinajstić information content (AvgIpc) is 2.71. The van der Waals surface area contributed by atoms with E-state index in [4.69, 9.17) is 25.8 Å². The number of fused-ring (bicyclic) bond motifs is 1. The van der Waals surface area contributed by atoms with Crippen molar-refractivity contribution in [2.45, 2.75) is 13.3 Å². The minimum absolute atomic E-state index is 0.208. The van der Waals surface area contributed by atoms with Gasteiger partial charge in [-0.15, -0.1) is 0 Å². The van der Waals surface area contributed by atoms with Gasteiger partial charge in [0.2, 0.25) is 0 Å². The summed E-state index contributed by atoms with van der Waals surface area (Å²) in [6, 6.07) is 5.28. The molecule has 2 amide bonds. The van der Waals surface area contributed by atoms with E-state index in [0.717, 1.165) is 5.56 Å². The van der Waals surface area contributed by atoms with Gasteiger partial charge in [0.15, 0.2) is 6.61 Å². The molecule has 2 aliphatic rings. The lowest BCUT2D eigenvalue weighted by Gasteiger charge is -2.34. The van der Waals surface area contributed by atoms with Crippen LogP contribution in [0.1, 0.15) is 12.5 Å². The third-order valence-corrected chi connectivity index (χ3v) is 4.99. The minimum atomic E-state index is -0.473. The lowest BCUT2D eigenvalue weighted by molar-refractivity contribution is -0.157. The smallest absolute Gasteiger partial charge is 0.409 e. The number of halogens is 1. The van der Waals surface area contributed by atoms with Crippen LogP contribution in [0.25, 0.3) is 0 Å². The van der Waals surface area contributed by atoms with Crippen LogP contribution in [0, 0.1) is 5.92 Å². The molecule has 0 aromatic heterocycles. The molecule has 1 aromatic rings. The fraction of sp³-hybridized carbons (Fsp3) is 0.526. The zero-order valence-electron chi connectivity index (χ0n) is 15.7. The third kappa shape index (κ3) is 4.86. The summed E-state index contributed by atoms with van der Waals surface area (Å²) in [6.07, 6.45) is 0.0833. The maximum atomic E-state index is 12.3. The van der Waals surface area contributed by atoms with Crippen molar-refractivity contribution in [3.05, 3.63) is 28.8 Å². The van der Waals surface area contributed by atoms with E-state index in [2.05, 4.69) is 0 Å². The SMILES string of the molecule is CCOC(=O)N1CCN(C(=O)COC(=O)[C@@H]2COc3ccc(Cl)cc3C2)CC1. The molecule has 0 unspecified atom stereocenters. The Hall–Kier alpha value is -2.48. The van der Waals surface area contributed by atoms with Crippen molar-refractivity contribution in [2.24, 2.45) is 5.92 Å². The molecule has 1 atom stereocenters. The highest BCUT2D eigenvalue weighted by Gasteiger charge is 2.29. The van der Waals surface area contributed by atoms with E-state index in [0.29, 0.717) is 50.0 Å². The van der Waals surface area contributed by atoms with Gasteiger partial charge in [-0.1, -0.05) is 11.6 Å². The molecular weight excluding hydrogens is 388 g/mol. The molecule has 2 aliphatic heterocycles. The van der Waals surface area contributed by atoms with Crippen molar-refractivity contribution in [2.75, 3.05) is 46.0 Å². The van der Waals surface area contributed by atoms with Gasteiger partial charge in [-0.25, -0.2) is 4.79 Å². The number of carbonyl (C=O) groups is 3. The summed E-state index contributed by atoms with van der Waals surface area (Å²) in [5.74, 6) is -0.510. The Morgan fingerprint density at radius 2 is 1.86 bits per heavy atom. The highest BCUT2D eigenvalue weighted by atomic mass is 35.5. The number of rotatable bonds is 4. The number of piperazine rings is 1. The maximum absolute atomic E-state index is 12.3. The minimum Gasteiger partial charge on any atom is -0.492 e. The van der Waals surface area contributed by atoms with Crippen LogP contribution >= 0.6 is 11.6 Å². The number of esters is 1. The van der Waals surface area contributed by atoms with Crippen LogP contribution in [0.3, 0.4) is 0 Å². The fourth-order valence-corrected chi connectivity index (χ4v) is 3.40. The second kappa shape index (κ2) is 9.14. The van der Waals surface area contributed by atoms with Gasteiger partial charge in [-0.2, -0.15) is 0 Å². The maximum Gasteiger partial charge on any atom is 0.409 e. The molecule has 8 nitrogen and oxygen atoms in total. The van der Waals surface area contributed by atoms with Crippen LogP contribution in [0.15, 0.2) is 18.2 Å². The van der Waals surface area contributed by atoms with Gasteiger partial charge in [0.05, 0.1) is 12.5 Å². The lowest BCUT2D eigenvalue weighted by atomic mass is 9.97. The molecule has 0 N–H and O–H groups in total. The van der Waals surface area contributed by atoms with E-state index in [1.54, 1.807) is 34.9 Å². The Bertz CT molecular complexity index is 748. The first-order valence-electron chi connectivity index (χ1n) is 9.25. The van der Waals surface area contributed by atoms with Crippen LogP contribution in [0.2, 0.25) is 5.02 Å². The Labute approximate surface area is 168 Å². The summed E-state index contributed by atoms with van der Waals surface area (Å²) in [4.78, 5) is 39.4. The third-order valence-electron chi connectivity index (χ3n) is 4.76. The number of carbonyl (C=O) groups excluding carboxylic acids is 3. The molecule has 0 bridgehead atoms.